The predicted octanol–water partition coefficient (Wildman–Crippen LogP) is 4.12. The number of hydrogen-bond acceptors (Lipinski definition) is 5. The average Bonchev–Trinajstić information content (AvgIpc) is 2.79. The van der Waals surface area contributed by atoms with E-state index in [-0.39, 0.29) is 23.5 Å². The van der Waals surface area contributed by atoms with Gasteiger partial charge >= 0.3 is 5.97 Å². The lowest BCUT2D eigenvalue weighted by Crippen LogP contribution is -2.14. The van der Waals surface area contributed by atoms with E-state index in [4.69, 9.17) is 0 Å². The summed E-state index contributed by atoms with van der Waals surface area (Å²) in [5, 5.41) is 13.8. The van der Waals surface area contributed by atoms with Gasteiger partial charge in [0.15, 0.2) is 5.78 Å². The van der Waals surface area contributed by atoms with Crippen molar-refractivity contribution in [2.45, 2.75) is 13.0 Å². The van der Waals surface area contributed by atoms with Gasteiger partial charge in [-0.15, -0.1) is 0 Å². The lowest BCUT2D eigenvalue weighted by molar-refractivity contribution is -0.139. The Morgan fingerprint density at radius 2 is 1.60 bits per heavy atom. The highest BCUT2D eigenvalue weighted by Crippen LogP contribution is 2.25. The molecule has 0 heterocycles. The van der Waals surface area contributed by atoms with E-state index in [9.17, 15) is 14.7 Å². The first-order valence-electron chi connectivity index (χ1n) is 9.55. The molecule has 0 aromatic heterocycles. The number of nitrogens with one attached hydrogen (secondary N) is 1. The molecule has 0 aliphatic rings. The fraction of sp³-hybridized carbons (Fsp3) is 0.120. The Morgan fingerprint density at radius 1 is 0.933 bits per heavy atom. The number of phenolic OH excluding ortho intramolecular Hbond substituents is 1. The summed E-state index contributed by atoms with van der Waals surface area (Å²) in [6.45, 7) is 0.545. The molecule has 2 N–H and O–H groups in total. The fourth-order valence-corrected chi connectivity index (χ4v) is 3.02. The van der Waals surface area contributed by atoms with Gasteiger partial charge in [0.1, 0.15) is 5.75 Å². The van der Waals surface area contributed by atoms with Crippen molar-refractivity contribution in [3.8, 4) is 5.75 Å². The number of para-hydroxylation sites is 1. The molecule has 0 radical (unpaired) electrons. The largest absolute Gasteiger partial charge is 0.507 e. The van der Waals surface area contributed by atoms with Crippen LogP contribution in [0.1, 0.15) is 27.0 Å². The number of carbonyl (C=O) groups excluding carboxylic acids is 2. The van der Waals surface area contributed by atoms with Crippen molar-refractivity contribution in [1.82, 2.24) is 5.32 Å². The Kier molecular flexibility index (Phi) is 7.00. The molecule has 0 bridgehead atoms. The van der Waals surface area contributed by atoms with Crippen LogP contribution in [-0.4, -0.2) is 24.0 Å². The minimum absolute atomic E-state index is 0.106. The zero-order chi connectivity index (χ0) is 21.3. The van der Waals surface area contributed by atoms with Crippen molar-refractivity contribution in [3.05, 3.63) is 107 Å². The van der Waals surface area contributed by atoms with Crippen molar-refractivity contribution in [2.24, 2.45) is 0 Å². The maximum absolute atomic E-state index is 13.0. The molecule has 152 valence electrons. The Balaban J connectivity index is 1.89. The number of carbonyl (C=O) groups is 2. The van der Waals surface area contributed by atoms with Gasteiger partial charge in [0.05, 0.1) is 19.1 Å². The third-order valence-corrected chi connectivity index (χ3v) is 4.63. The van der Waals surface area contributed by atoms with E-state index in [2.05, 4.69) is 10.1 Å². The maximum atomic E-state index is 13.0. The van der Waals surface area contributed by atoms with E-state index in [0.29, 0.717) is 17.8 Å². The summed E-state index contributed by atoms with van der Waals surface area (Å²) in [7, 11) is 1.28. The SMILES string of the molecule is COC(=O)Cc1cccc(C(=O)/C=C(\NCc2ccccc2)c2ccccc2)c1O. The number of esters is 1. The minimum Gasteiger partial charge on any atom is -0.507 e. The number of rotatable bonds is 8. The Hall–Kier alpha value is -3.86. The summed E-state index contributed by atoms with van der Waals surface area (Å²) in [5.41, 5.74) is 3.05. The van der Waals surface area contributed by atoms with E-state index in [1.54, 1.807) is 12.1 Å². The van der Waals surface area contributed by atoms with Crippen LogP contribution in [0, 0.1) is 0 Å². The first kappa shape index (κ1) is 20.9. The van der Waals surface area contributed by atoms with Gasteiger partial charge < -0.3 is 15.2 Å². The third-order valence-electron chi connectivity index (χ3n) is 4.63. The van der Waals surface area contributed by atoms with Crippen LogP contribution in [0.5, 0.6) is 5.75 Å². The van der Waals surface area contributed by atoms with Crippen LogP contribution in [0.3, 0.4) is 0 Å². The lowest BCUT2D eigenvalue weighted by atomic mass is 10.0. The summed E-state index contributed by atoms with van der Waals surface area (Å²) in [4.78, 5) is 24.5. The van der Waals surface area contributed by atoms with Crippen LogP contribution in [-0.2, 0) is 22.5 Å². The van der Waals surface area contributed by atoms with Crippen LogP contribution in [0.15, 0.2) is 84.9 Å². The molecule has 0 atom stereocenters. The third kappa shape index (κ3) is 5.35. The van der Waals surface area contributed by atoms with E-state index in [1.807, 2.05) is 60.7 Å². The number of aromatic hydroxyl groups is 1. The highest BCUT2D eigenvalue weighted by Gasteiger charge is 2.16. The van der Waals surface area contributed by atoms with Crippen LogP contribution in [0.2, 0.25) is 0 Å². The number of benzene rings is 3. The minimum atomic E-state index is -0.486. The van der Waals surface area contributed by atoms with E-state index < -0.39 is 5.97 Å². The number of ketones is 1. The average molecular weight is 401 g/mol. The predicted molar refractivity (Wildman–Crippen MR) is 116 cm³/mol. The molecule has 3 aromatic rings. The molecule has 0 saturated heterocycles. The molecule has 0 amide bonds. The van der Waals surface area contributed by atoms with Gasteiger partial charge in [-0.1, -0.05) is 72.8 Å². The second kappa shape index (κ2) is 10.1. The number of methoxy groups -OCH3 is 1. The summed E-state index contributed by atoms with van der Waals surface area (Å²) in [6.07, 6.45) is 1.36. The first-order chi connectivity index (χ1) is 14.6. The highest BCUT2D eigenvalue weighted by molar-refractivity contribution is 6.10. The zero-order valence-corrected chi connectivity index (χ0v) is 16.7. The van der Waals surface area contributed by atoms with E-state index in [1.165, 1.54) is 19.3 Å². The molecule has 0 unspecified atom stereocenters. The fourth-order valence-electron chi connectivity index (χ4n) is 3.02. The summed E-state index contributed by atoms with van der Waals surface area (Å²) < 4.78 is 4.65. The smallest absolute Gasteiger partial charge is 0.310 e. The molecule has 0 aliphatic heterocycles. The summed E-state index contributed by atoms with van der Waals surface area (Å²) >= 11 is 0. The van der Waals surface area contributed by atoms with Crippen molar-refractivity contribution in [1.29, 1.82) is 0 Å². The van der Waals surface area contributed by atoms with Gasteiger partial charge in [-0.25, -0.2) is 0 Å². The molecule has 0 saturated carbocycles. The van der Waals surface area contributed by atoms with Crippen LogP contribution >= 0.6 is 0 Å². The number of phenols is 1. The van der Waals surface area contributed by atoms with Crippen molar-refractivity contribution in [2.75, 3.05) is 7.11 Å². The molecule has 5 nitrogen and oxygen atoms in total. The molecule has 30 heavy (non-hydrogen) atoms. The lowest BCUT2D eigenvalue weighted by Gasteiger charge is -2.12. The number of allylic oxidation sites excluding steroid dienone is 1. The number of hydrogen-bond donors (Lipinski definition) is 2. The van der Waals surface area contributed by atoms with Gasteiger partial charge in [0, 0.05) is 23.9 Å². The van der Waals surface area contributed by atoms with Gasteiger partial charge in [-0.2, -0.15) is 0 Å². The molecule has 5 heteroatoms. The monoisotopic (exact) mass is 401 g/mol. The summed E-state index contributed by atoms with van der Waals surface area (Å²) in [5.74, 6) is -1.06. The Labute approximate surface area is 175 Å². The number of ether oxygens (including phenoxy) is 1. The standard InChI is InChI=1S/C25H23NO4/c1-30-24(28)15-20-13-8-14-21(25(20)29)23(27)16-22(19-11-6-3-7-12-19)26-17-18-9-4-2-5-10-18/h2-14,16,26,29H,15,17H2,1H3/b22-16-. The Morgan fingerprint density at radius 3 is 2.27 bits per heavy atom. The molecule has 0 aliphatic carbocycles. The molecule has 3 aromatic carbocycles. The van der Waals surface area contributed by atoms with Gasteiger partial charge in [-0.05, 0) is 17.2 Å². The normalized spacial score (nSPS) is 11.0. The second-order valence-corrected chi connectivity index (χ2v) is 6.69. The topological polar surface area (TPSA) is 75.6 Å². The van der Waals surface area contributed by atoms with Crippen LogP contribution in [0.25, 0.3) is 5.70 Å². The Bertz CT molecular complexity index is 1040. The van der Waals surface area contributed by atoms with Crippen molar-refractivity contribution < 1.29 is 19.4 Å². The van der Waals surface area contributed by atoms with Crippen LogP contribution < -0.4 is 5.32 Å². The molecular weight excluding hydrogens is 378 g/mol. The second-order valence-electron chi connectivity index (χ2n) is 6.69. The molecular formula is C25H23NO4. The zero-order valence-electron chi connectivity index (χ0n) is 16.7. The van der Waals surface area contributed by atoms with E-state index in [0.717, 1.165) is 11.1 Å². The van der Waals surface area contributed by atoms with Gasteiger partial charge in [0.25, 0.3) is 0 Å². The highest BCUT2D eigenvalue weighted by atomic mass is 16.5. The van der Waals surface area contributed by atoms with Crippen molar-refractivity contribution in [3.63, 3.8) is 0 Å². The first-order valence-corrected chi connectivity index (χ1v) is 9.55. The van der Waals surface area contributed by atoms with Gasteiger partial charge in [-0.3, -0.25) is 9.59 Å². The van der Waals surface area contributed by atoms with E-state index >= 15 is 0 Å². The van der Waals surface area contributed by atoms with Crippen LogP contribution in [0.4, 0.5) is 0 Å². The molecule has 0 spiro atoms. The quantitative estimate of drug-likeness (QED) is 0.337. The van der Waals surface area contributed by atoms with Gasteiger partial charge in [0.2, 0.25) is 0 Å². The van der Waals surface area contributed by atoms with Crippen molar-refractivity contribution >= 4 is 17.4 Å². The summed E-state index contributed by atoms with van der Waals surface area (Å²) in [6, 6.07) is 24.1. The molecule has 0 fully saturated rings. The molecule has 3 rings (SSSR count). The maximum Gasteiger partial charge on any atom is 0.310 e.